The van der Waals surface area contributed by atoms with Crippen LogP contribution in [0.25, 0.3) is 0 Å². The van der Waals surface area contributed by atoms with Gasteiger partial charge in [-0.3, -0.25) is 9.59 Å². The van der Waals surface area contributed by atoms with Crippen molar-refractivity contribution in [2.75, 3.05) is 34.8 Å². The Morgan fingerprint density at radius 3 is 2.48 bits per heavy atom. The van der Waals surface area contributed by atoms with Crippen LogP contribution in [0.2, 0.25) is 0 Å². The summed E-state index contributed by atoms with van der Waals surface area (Å²) in [5.41, 5.74) is 2.38. The smallest absolute Gasteiger partial charge is 0.229 e. The standard InChI is InChI=1S/C23H26FN3O2/c1-16-9-11-26(12-10-16)20-7-5-19(6-8-20)25-23(29)17-13-22(28)27(15-17)21-4-2-3-18(24)14-21/h2-8,14,16-17H,9-13,15H2,1H3,(H,25,29). The number of nitrogens with one attached hydrogen (secondary N) is 1. The number of carbonyl (C=O) groups is 2. The summed E-state index contributed by atoms with van der Waals surface area (Å²) in [6.07, 6.45) is 2.54. The lowest BCUT2D eigenvalue weighted by atomic mass is 9.99. The highest BCUT2D eigenvalue weighted by Crippen LogP contribution is 2.28. The van der Waals surface area contributed by atoms with E-state index in [1.54, 1.807) is 12.1 Å². The summed E-state index contributed by atoms with van der Waals surface area (Å²) in [5, 5.41) is 2.91. The summed E-state index contributed by atoms with van der Waals surface area (Å²) in [6.45, 7) is 4.68. The van der Waals surface area contributed by atoms with Gasteiger partial charge in [-0.15, -0.1) is 0 Å². The van der Waals surface area contributed by atoms with Crippen molar-refractivity contribution in [3.05, 3.63) is 54.3 Å². The second-order valence-corrected chi connectivity index (χ2v) is 8.09. The second-order valence-electron chi connectivity index (χ2n) is 8.09. The third-order valence-corrected chi connectivity index (χ3v) is 5.90. The molecular formula is C23H26FN3O2. The lowest BCUT2D eigenvalue weighted by molar-refractivity contribution is -0.122. The fourth-order valence-corrected chi connectivity index (χ4v) is 4.04. The molecule has 2 heterocycles. The average Bonchev–Trinajstić information content (AvgIpc) is 3.11. The molecule has 1 atom stereocenters. The normalized spacial score (nSPS) is 20.2. The van der Waals surface area contributed by atoms with Gasteiger partial charge in [0.05, 0.1) is 5.92 Å². The van der Waals surface area contributed by atoms with E-state index in [-0.39, 0.29) is 24.8 Å². The lowest BCUT2D eigenvalue weighted by Crippen LogP contribution is -2.32. The second kappa shape index (κ2) is 8.23. The predicted molar refractivity (Wildman–Crippen MR) is 113 cm³/mol. The molecule has 6 heteroatoms. The van der Waals surface area contributed by atoms with Crippen LogP contribution in [0.5, 0.6) is 0 Å². The number of halogens is 1. The van der Waals surface area contributed by atoms with E-state index in [1.165, 1.54) is 35.6 Å². The van der Waals surface area contributed by atoms with Gasteiger partial charge >= 0.3 is 0 Å². The summed E-state index contributed by atoms with van der Waals surface area (Å²) < 4.78 is 13.5. The molecule has 4 rings (SSSR count). The molecule has 152 valence electrons. The van der Waals surface area contributed by atoms with Crippen LogP contribution >= 0.6 is 0 Å². The minimum Gasteiger partial charge on any atom is -0.372 e. The highest BCUT2D eigenvalue weighted by molar-refractivity contribution is 6.03. The Bertz CT molecular complexity index is 891. The largest absolute Gasteiger partial charge is 0.372 e. The van der Waals surface area contributed by atoms with Crippen molar-refractivity contribution < 1.29 is 14.0 Å². The van der Waals surface area contributed by atoms with Crippen molar-refractivity contribution in [2.45, 2.75) is 26.2 Å². The van der Waals surface area contributed by atoms with Crippen LogP contribution in [0.4, 0.5) is 21.5 Å². The molecule has 0 bridgehead atoms. The van der Waals surface area contributed by atoms with Gasteiger partial charge in [0.25, 0.3) is 0 Å². The first kappa shape index (κ1) is 19.4. The molecule has 2 saturated heterocycles. The van der Waals surface area contributed by atoms with E-state index >= 15 is 0 Å². The number of hydrogen-bond acceptors (Lipinski definition) is 3. The molecule has 5 nitrogen and oxygen atoms in total. The van der Waals surface area contributed by atoms with E-state index in [4.69, 9.17) is 0 Å². The molecule has 0 saturated carbocycles. The third kappa shape index (κ3) is 4.42. The molecule has 1 unspecified atom stereocenters. The highest BCUT2D eigenvalue weighted by atomic mass is 19.1. The molecule has 1 N–H and O–H groups in total. The number of benzene rings is 2. The monoisotopic (exact) mass is 395 g/mol. The van der Waals surface area contributed by atoms with Crippen molar-refractivity contribution in [1.82, 2.24) is 0 Å². The van der Waals surface area contributed by atoms with E-state index in [0.717, 1.165) is 24.7 Å². The van der Waals surface area contributed by atoms with Crippen LogP contribution in [-0.2, 0) is 9.59 Å². The molecule has 2 aliphatic rings. The molecule has 2 fully saturated rings. The molecule has 0 aliphatic carbocycles. The number of amides is 2. The average molecular weight is 395 g/mol. The highest BCUT2D eigenvalue weighted by Gasteiger charge is 2.35. The molecule has 0 spiro atoms. The van der Waals surface area contributed by atoms with Crippen molar-refractivity contribution in [3.8, 4) is 0 Å². The number of rotatable bonds is 4. The van der Waals surface area contributed by atoms with Crippen molar-refractivity contribution >= 4 is 28.9 Å². The van der Waals surface area contributed by atoms with Crippen LogP contribution in [0.1, 0.15) is 26.2 Å². The maximum Gasteiger partial charge on any atom is 0.229 e. The predicted octanol–water partition coefficient (Wildman–Crippen LogP) is 4.05. The zero-order valence-corrected chi connectivity index (χ0v) is 16.6. The van der Waals surface area contributed by atoms with Crippen LogP contribution in [-0.4, -0.2) is 31.4 Å². The van der Waals surface area contributed by atoms with Crippen LogP contribution < -0.4 is 15.1 Å². The summed E-state index contributed by atoms with van der Waals surface area (Å²) in [7, 11) is 0. The number of nitrogens with zero attached hydrogens (tertiary/aromatic N) is 2. The van der Waals surface area contributed by atoms with Crippen LogP contribution in [0.15, 0.2) is 48.5 Å². The molecule has 0 radical (unpaired) electrons. The molecule has 29 heavy (non-hydrogen) atoms. The molecule has 2 amide bonds. The van der Waals surface area contributed by atoms with Crippen molar-refractivity contribution in [1.29, 1.82) is 0 Å². The first-order chi connectivity index (χ1) is 14.0. The van der Waals surface area contributed by atoms with Gasteiger partial charge in [-0.25, -0.2) is 4.39 Å². The van der Waals surface area contributed by atoms with Gasteiger partial charge in [0.2, 0.25) is 11.8 Å². The van der Waals surface area contributed by atoms with Crippen LogP contribution in [0.3, 0.4) is 0 Å². The zero-order chi connectivity index (χ0) is 20.4. The van der Waals surface area contributed by atoms with Gasteiger partial charge < -0.3 is 15.1 Å². The third-order valence-electron chi connectivity index (χ3n) is 5.90. The van der Waals surface area contributed by atoms with E-state index in [0.29, 0.717) is 5.69 Å². The summed E-state index contributed by atoms with van der Waals surface area (Å²) in [4.78, 5) is 28.8. The summed E-state index contributed by atoms with van der Waals surface area (Å²) in [6, 6.07) is 13.8. The van der Waals surface area contributed by atoms with Gasteiger partial charge in [0, 0.05) is 43.1 Å². The number of hydrogen-bond donors (Lipinski definition) is 1. The maximum atomic E-state index is 13.5. The van der Waals surface area contributed by atoms with E-state index < -0.39 is 11.7 Å². The van der Waals surface area contributed by atoms with Gasteiger partial charge in [-0.1, -0.05) is 13.0 Å². The first-order valence-electron chi connectivity index (χ1n) is 10.2. The Morgan fingerprint density at radius 2 is 1.79 bits per heavy atom. The summed E-state index contributed by atoms with van der Waals surface area (Å²) >= 11 is 0. The van der Waals surface area contributed by atoms with E-state index in [2.05, 4.69) is 17.1 Å². The quantitative estimate of drug-likeness (QED) is 0.850. The fraction of sp³-hybridized carbons (Fsp3) is 0.391. The SMILES string of the molecule is CC1CCN(c2ccc(NC(=O)C3CC(=O)N(c4cccc(F)c4)C3)cc2)CC1. The van der Waals surface area contributed by atoms with Gasteiger partial charge in [0.1, 0.15) is 5.82 Å². The van der Waals surface area contributed by atoms with E-state index in [1.807, 2.05) is 24.3 Å². The Morgan fingerprint density at radius 1 is 1.07 bits per heavy atom. The number of anilines is 3. The zero-order valence-electron chi connectivity index (χ0n) is 16.6. The maximum absolute atomic E-state index is 13.5. The van der Waals surface area contributed by atoms with Crippen molar-refractivity contribution in [2.24, 2.45) is 11.8 Å². The van der Waals surface area contributed by atoms with Gasteiger partial charge in [-0.2, -0.15) is 0 Å². The Labute approximate surface area is 170 Å². The Hall–Kier alpha value is -2.89. The molecule has 2 aromatic rings. The van der Waals surface area contributed by atoms with Crippen LogP contribution in [0, 0.1) is 17.7 Å². The fourth-order valence-electron chi connectivity index (χ4n) is 4.04. The van der Waals surface area contributed by atoms with Gasteiger partial charge in [-0.05, 0) is 61.2 Å². The van der Waals surface area contributed by atoms with Crippen molar-refractivity contribution in [3.63, 3.8) is 0 Å². The molecule has 2 aliphatic heterocycles. The Kier molecular flexibility index (Phi) is 5.51. The Balaban J connectivity index is 1.36. The lowest BCUT2D eigenvalue weighted by Gasteiger charge is -2.32. The molecule has 2 aromatic carbocycles. The minimum absolute atomic E-state index is 0.131. The first-order valence-corrected chi connectivity index (χ1v) is 10.2. The topological polar surface area (TPSA) is 52.7 Å². The van der Waals surface area contributed by atoms with E-state index in [9.17, 15) is 14.0 Å². The number of piperidine rings is 1. The number of carbonyl (C=O) groups excluding carboxylic acids is 2. The minimum atomic E-state index is -0.450. The van der Waals surface area contributed by atoms with Gasteiger partial charge in [0.15, 0.2) is 0 Å². The molecular weight excluding hydrogens is 369 g/mol. The molecule has 0 aromatic heterocycles. The summed E-state index contributed by atoms with van der Waals surface area (Å²) in [5.74, 6) is -0.409.